The van der Waals surface area contributed by atoms with Gasteiger partial charge in [-0.2, -0.15) is 0 Å². The van der Waals surface area contributed by atoms with E-state index in [4.69, 9.17) is 4.98 Å². The van der Waals surface area contributed by atoms with Crippen LogP contribution in [0.25, 0.3) is 6.08 Å². The number of pyridine rings is 1. The van der Waals surface area contributed by atoms with Gasteiger partial charge in [-0.1, -0.05) is 66.9 Å². The van der Waals surface area contributed by atoms with Gasteiger partial charge in [-0.05, 0) is 23.5 Å². The second kappa shape index (κ2) is 5.97. The average Bonchev–Trinajstić information content (AvgIpc) is 2.32. The molecule has 0 aliphatic carbocycles. The van der Waals surface area contributed by atoms with Gasteiger partial charge in [0.15, 0.2) is 5.82 Å². The van der Waals surface area contributed by atoms with Crippen molar-refractivity contribution >= 4 is 18.1 Å². The van der Waals surface area contributed by atoms with Crippen molar-refractivity contribution in [2.75, 3.05) is 0 Å². The Bertz CT molecular complexity index is 579. The van der Waals surface area contributed by atoms with Gasteiger partial charge in [-0.3, -0.25) is 0 Å². The van der Waals surface area contributed by atoms with Crippen LogP contribution in [0.2, 0.25) is 0 Å². The summed E-state index contributed by atoms with van der Waals surface area (Å²) in [6, 6.07) is 0. The van der Waals surface area contributed by atoms with Crippen LogP contribution in [0.5, 0.6) is 0 Å². The standard InChI is InChI=1S/C19H28N2/c1-10-12-20-17-14(11-2)13(3)15(18(4,5)6)16(21-17)19(7,8)9/h10-12H,1-2H2,3-9H3/b20-12-. The predicted octanol–water partition coefficient (Wildman–Crippen LogP) is 5.52. The van der Waals surface area contributed by atoms with Crippen molar-refractivity contribution < 1.29 is 0 Å². The molecule has 0 aliphatic heterocycles. The number of nitrogens with zero attached hydrogens (tertiary/aromatic N) is 2. The first-order chi connectivity index (χ1) is 9.54. The summed E-state index contributed by atoms with van der Waals surface area (Å²) in [6.07, 6.45) is 5.19. The molecule has 0 saturated carbocycles. The maximum atomic E-state index is 4.86. The van der Waals surface area contributed by atoms with Gasteiger partial charge in [0.2, 0.25) is 0 Å². The highest BCUT2D eigenvalue weighted by molar-refractivity contribution is 5.76. The number of hydrogen-bond acceptors (Lipinski definition) is 2. The normalized spacial score (nSPS) is 12.7. The van der Waals surface area contributed by atoms with Gasteiger partial charge < -0.3 is 0 Å². The summed E-state index contributed by atoms with van der Waals surface area (Å²) < 4.78 is 0. The minimum atomic E-state index is -0.0362. The van der Waals surface area contributed by atoms with E-state index in [0.29, 0.717) is 0 Å². The lowest BCUT2D eigenvalue weighted by atomic mass is 9.75. The van der Waals surface area contributed by atoms with Gasteiger partial charge in [0.25, 0.3) is 0 Å². The highest BCUT2D eigenvalue weighted by atomic mass is 14.9. The first-order valence-electron chi connectivity index (χ1n) is 7.37. The fourth-order valence-corrected chi connectivity index (χ4v) is 2.63. The molecule has 0 bridgehead atoms. The molecule has 1 aromatic heterocycles. The number of hydrogen-bond donors (Lipinski definition) is 0. The van der Waals surface area contributed by atoms with E-state index in [1.54, 1.807) is 12.3 Å². The van der Waals surface area contributed by atoms with Crippen LogP contribution in [-0.4, -0.2) is 11.2 Å². The largest absolute Gasteiger partial charge is 0.237 e. The van der Waals surface area contributed by atoms with E-state index >= 15 is 0 Å². The Hall–Kier alpha value is -1.70. The smallest absolute Gasteiger partial charge is 0.159 e. The molecule has 1 aromatic rings. The van der Waals surface area contributed by atoms with Crippen LogP contribution in [0.4, 0.5) is 5.82 Å². The quantitative estimate of drug-likeness (QED) is 0.671. The third-order valence-corrected chi connectivity index (χ3v) is 3.44. The van der Waals surface area contributed by atoms with Crippen LogP contribution in [0, 0.1) is 6.92 Å². The zero-order valence-electron chi connectivity index (χ0n) is 14.5. The summed E-state index contributed by atoms with van der Waals surface area (Å²) >= 11 is 0. The molecule has 2 nitrogen and oxygen atoms in total. The molecule has 0 spiro atoms. The fraction of sp³-hybridized carbons (Fsp3) is 0.474. The van der Waals surface area contributed by atoms with Crippen molar-refractivity contribution in [2.45, 2.75) is 59.3 Å². The maximum Gasteiger partial charge on any atom is 0.159 e. The Morgan fingerprint density at radius 1 is 1.00 bits per heavy atom. The van der Waals surface area contributed by atoms with E-state index in [2.05, 4.69) is 66.6 Å². The van der Waals surface area contributed by atoms with Gasteiger partial charge in [-0.15, -0.1) is 0 Å². The van der Waals surface area contributed by atoms with Gasteiger partial charge in [0, 0.05) is 17.2 Å². The monoisotopic (exact) mass is 284 g/mol. The lowest BCUT2D eigenvalue weighted by Crippen LogP contribution is -2.25. The number of aromatic nitrogens is 1. The molecule has 0 saturated heterocycles. The average molecular weight is 284 g/mol. The number of aliphatic imine (C=N–C) groups is 1. The van der Waals surface area contributed by atoms with Gasteiger partial charge in [-0.25, -0.2) is 9.98 Å². The summed E-state index contributed by atoms with van der Waals surface area (Å²) in [5, 5.41) is 0. The Morgan fingerprint density at radius 2 is 1.57 bits per heavy atom. The lowest BCUT2D eigenvalue weighted by molar-refractivity contribution is 0.511. The van der Waals surface area contributed by atoms with Crippen LogP contribution < -0.4 is 0 Å². The molecule has 0 aliphatic rings. The second-order valence-electron chi connectivity index (χ2n) is 7.42. The lowest BCUT2D eigenvalue weighted by Gasteiger charge is -2.32. The van der Waals surface area contributed by atoms with Crippen molar-refractivity contribution in [3.63, 3.8) is 0 Å². The van der Waals surface area contributed by atoms with Crippen molar-refractivity contribution in [1.82, 2.24) is 4.98 Å². The van der Waals surface area contributed by atoms with E-state index < -0.39 is 0 Å². The van der Waals surface area contributed by atoms with Crippen molar-refractivity contribution in [3.05, 3.63) is 41.6 Å². The summed E-state index contributed by atoms with van der Waals surface area (Å²) in [5.74, 6) is 0.723. The summed E-state index contributed by atoms with van der Waals surface area (Å²) in [5.41, 5.74) is 4.61. The molecule has 1 rings (SSSR count). The molecule has 2 heteroatoms. The van der Waals surface area contributed by atoms with Crippen molar-refractivity contribution in [2.24, 2.45) is 4.99 Å². The van der Waals surface area contributed by atoms with Crippen molar-refractivity contribution in [3.8, 4) is 0 Å². The second-order valence-corrected chi connectivity index (χ2v) is 7.42. The molecule has 0 atom stereocenters. The first-order valence-corrected chi connectivity index (χ1v) is 7.37. The summed E-state index contributed by atoms with van der Waals surface area (Å²) in [6.45, 7) is 23.0. The van der Waals surface area contributed by atoms with Crippen molar-refractivity contribution in [1.29, 1.82) is 0 Å². The Morgan fingerprint density at radius 3 is 1.95 bits per heavy atom. The van der Waals surface area contributed by atoms with Crippen LogP contribution >= 0.6 is 0 Å². The third kappa shape index (κ3) is 3.69. The molecular weight excluding hydrogens is 256 g/mol. The minimum absolute atomic E-state index is 0.0259. The van der Waals surface area contributed by atoms with E-state index in [1.165, 1.54) is 11.1 Å². The van der Waals surface area contributed by atoms with Gasteiger partial charge in [0.1, 0.15) is 0 Å². The van der Waals surface area contributed by atoms with Crippen LogP contribution in [0.1, 0.15) is 63.9 Å². The molecule has 114 valence electrons. The molecular formula is C19H28N2. The van der Waals surface area contributed by atoms with Gasteiger partial charge in [0.05, 0.1) is 5.69 Å². The Balaban J connectivity index is 3.85. The zero-order valence-corrected chi connectivity index (χ0v) is 14.5. The Kier molecular flexibility index (Phi) is 4.93. The zero-order chi connectivity index (χ0) is 16.4. The van der Waals surface area contributed by atoms with E-state index in [0.717, 1.165) is 17.1 Å². The highest BCUT2D eigenvalue weighted by Gasteiger charge is 2.30. The minimum Gasteiger partial charge on any atom is -0.237 e. The fourth-order valence-electron chi connectivity index (χ4n) is 2.63. The van der Waals surface area contributed by atoms with Crippen LogP contribution in [0.15, 0.2) is 24.2 Å². The molecule has 1 heterocycles. The van der Waals surface area contributed by atoms with Gasteiger partial charge >= 0.3 is 0 Å². The molecule has 0 unspecified atom stereocenters. The first kappa shape index (κ1) is 17.4. The topological polar surface area (TPSA) is 25.2 Å². The number of rotatable bonds is 3. The molecule has 21 heavy (non-hydrogen) atoms. The molecule has 0 radical (unpaired) electrons. The van der Waals surface area contributed by atoms with E-state index in [9.17, 15) is 0 Å². The van der Waals surface area contributed by atoms with E-state index in [1.807, 2.05) is 6.08 Å². The third-order valence-electron chi connectivity index (χ3n) is 3.44. The highest BCUT2D eigenvalue weighted by Crippen LogP contribution is 2.39. The van der Waals surface area contributed by atoms with Crippen LogP contribution in [0.3, 0.4) is 0 Å². The summed E-state index contributed by atoms with van der Waals surface area (Å²) in [7, 11) is 0. The van der Waals surface area contributed by atoms with Crippen LogP contribution in [-0.2, 0) is 10.8 Å². The molecule has 0 N–H and O–H groups in total. The molecule has 0 amide bonds. The maximum absolute atomic E-state index is 4.86. The molecule has 0 aromatic carbocycles. The predicted molar refractivity (Wildman–Crippen MR) is 94.8 cm³/mol. The SMILES string of the molecule is C=C/C=N\c1nc(C(C)(C)C)c(C(C)(C)C)c(C)c1C=C. The molecule has 0 fully saturated rings. The van der Waals surface area contributed by atoms with E-state index in [-0.39, 0.29) is 10.8 Å². The summed E-state index contributed by atoms with van der Waals surface area (Å²) in [4.78, 5) is 9.29. The number of allylic oxidation sites excluding steroid dienone is 1. The Labute approximate surface area is 129 Å².